The van der Waals surface area contributed by atoms with Gasteiger partial charge < -0.3 is 9.64 Å². The summed E-state index contributed by atoms with van der Waals surface area (Å²) in [7, 11) is 0. The van der Waals surface area contributed by atoms with Crippen molar-refractivity contribution in [1.29, 1.82) is 0 Å². The van der Waals surface area contributed by atoms with Crippen LogP contribution in [0.1, 0.15) is 25.0 Å². The van der Waals surface area contributed by atoms with Crippen LogP contribution in [0.4, 0.5) is 23.7 Å². The lowest BCUT2D eigenvalue weighted by atomic mass is 10.1. The highest BCUT2D eigenvalue weighted by atomic mass is 19.4. The molecule has 0 bridgehead atoms. The summed E-state index contributed by atoms with van der Waals surface area (Å²) in [5.41, 5.74) is 2.05. The van der Waals surface area contributed by atoms with E-state index in [4.69, 9.17) is 0 Å². The zero-order valence-corrected chi connectivity index (χ0v) is 15.2. The van der Waals surface area contributed by atoms with Crippen molar-refractivity contribution in [3.05, 3.63) is 53.9 Å². The van der Waals surface area contributed by atoms with Crippen LogP contribution in [-0.2, 0) is 17.8 Å². The third-order valence-electron chi connectivity index (χ3n) is 4.54. The second kappa shape index (κ2) is 7.49. The highest BCUT2D eigenvalue weighted by Crippen LogP contribution is 2.30. The minimum atomic E-state index is -4.81. The Labute approximate surface area is 159 Å². The number of halogens is 3. The molecule has 1 atom stereocenters. The molecule has 6 nitrogen and oxygen atoms in total. The summed E-state index contributed by atoms with van der Waals surface area (Å²) >= 11 is 0. The number of hydrogen-bond donors (Lipinski definition) is 0. The van der Waals surface area contributed by atoms with E-state index >= 15 is 0 Å². The summed E-state index contributed by atoms with van der Waals surface area (Å²) in [6, 6.07) is 5.20. The minimum absolute atomic E-state index is 0.185. The van der Waals surface area contributed by atoms with Gasteiger partial charge in [0.1, 0.15) is 11.8 Å². The predicted molar refractivity (Wildman–Crippen MR) is 94.6 cm³/mol. The summed E-state index contributed by atoms with van der Waals surface area (Å²) in [6.45, 7) is 3.83. The molecule has 3 rings (SSSR count). The molecule has 0 aliphatic carbocycles. The third-order valence-corrected chi connectivity index (χ3v) is 4.54. The molecule has 0 spiro atoms. The van der Waals surface area contributed by atoms with Gasteiger partial charge in [-0.05, 0) is 54.8 Å². The highest BCUT2D eigenvalue weighted by Gasteiger charge is 2.43. The second-order valence-electron chi connectivity index (χ2n) is 6.30. The first kappa shape index (κ1) is 19.7. The number of carbonyl (C=O) groups is 2. The number of aromatic nitrogens is 1. The van der Waals surface area contributed by atoms with Gasteiger partial charge in [-0.3, -0.25) is 9.78 Å². The minimum Gasteiger partial charge on any atom is -0.406 e. The predicted octanol–water partition coefficient (Wildman–Crippen LogP) is 3.90. The number of anilines is 1. The number of hydrogen-bond acceptors (Lipinski definition) is 4. The number of aryl methyl sites for hydroxylation is 1. The molecule has 28 heavy (non-hydrogen) atoms. The maximum atomic E-state index is 12.8. The zero-order chi connectivity index (χ0) is 20.5. The fourth-order valence-electron chi connectivity index (χ4n) is 3.06. The third kappa shape index (κ3) is 3.92. The number of carbonyl (C=O) groups excluding carboxylic acids is 2. The fourth-order valence-corrected chi connectivity index (χ4v) is 3.06. The molecule has 1 fully saturated rings. The molecule has 2 aromatic rings. The van der Waals surface area contributed by atoms with Crippen molar-refractivity contribution in [3.8, 4) is 5.75 Å². The van der Waals surface area contributed by atoms with E-state index in [2.05, 4.69) is 9.72 Å². The monoisotopic (exact) mass is 393 g/mol. The number of nitrogens with zero attached hydrogens (tertiary/aromatic N) is 3. The number of ether oxygens (including phenoxy) is 1. The van der Waals surface area contributed by atoms with Crippen LogP contribution in [-0.4, -0.2) is 34.2 Å². The van der Waals surface area contributed by atoms with Crippen LogP contribution in [0.15, 0.2) is 42.7 Å². The normalized spacial score (nSPS) is 17.4. The first-order chi connectivity index (χ1) is 13.2. The van der Waals surface area contributed by atoms with Crippen molar-refractivity contribution in [2.45, 2.75) is 39.2 Å². The number of pyridine rings is 1. The second-order valence-corrected chi connectivity index (χ2v) is 6.30. The molecule has 1 aromatic heterocycles. The number of urea groups is 1. The van der Waals surface area contributed by atoms with Crippen molar-refractivity contribution < 1.29 is 27.5 Å². The Balaban J connectivity index is 1.82. The number of benzene rings is 1. The Hall–Kier alpha value is -3.10. The smallest absolute Gasteiger partial charge is 0.406 e. The van der Waals surface area contributed by atoms with Crippen LogP contribution in [0.5, 0.6) is 5.75 Å². The van der Waals surface area contributed by atoms with Crippen LogP contribution in [0, 0.1) is 0 Å². The SMILES string of the molecule is CCc1cnccc1CN1C(=O)N(c2ccc(OC(F)(F)F)cc2)C(=O)C1C. The van der Waals surface area contributed by atoms with E-state index in [0.717, 1.165) is 34.6 Å². The largest absolute Gasteiger partial charge is 0.573 e. The van der Waals surface area contributed by atoms with Gasteiger partial charge in [-0.2, -0.15) is 0 Å². The quantitative estimate of drug-likeness (QED) is 0.723. The summed E-state index contributed by atoms with van der Waals surface area (Å²) in [6.07, 6.45) is -0.732. The Morgan fingerprint density at radius 1 is 1.11 bits per heavy atom. The maximum Gasteiger partial charge on any atom is 0.573 e. The average molecular weight is 393 g/mol. The van der Waals surface area contributed by atoms with Gasteiger partial charge in [-0.15, -0.1) is 13.2 Å². The van der Waals surface area contributed by atoms with Gasteiger partial charge in [0.2, 0.25) is 0 Å². The van der Waals surface area contributed by atoms with E-state index in [1.807, 2.05) is 6.92 Å². The van der Waals surface area contributed by atoms with Gasteiger partial charge in [0, 0.05) is 18.9 Å². The van der Waals surface area contributed by atoms with Gasteiger partial charge in [0.15, 0.2) is 0 Å². The number of amides is 3. The molecule has 148 valence electrons. The lowest BCUT2D eigenvalue weighted by Gasteiger charge is -2.20. The number of alkyl halides is 3. The van der Waals surface area contributed by atoms with Crippen LogP contribution in [0.25, 0.3) is 0 Å². The maximum absolute atomic E-state index is 12.8. The van der Waals surface area contributed by atoms with E-state index in [1.54, 1.807) is 25.4 Å². The van der Waals surface area contributed by atoms with Gasteiger partial charge >= 0.3 is 12.4 Å². The molecule has 1 aromatic carbocycles. The topological polar surface area (TPSA) is 62.7 Å². The molecule has 9 heteroatoms. The van der Waals surface area contributed by atoms with E-state index in [9.17, 15) is 22.8 Å². The molecule has 1 unspecified atom stereocenters. The highest BCUT2D eigenvalue weighted by molar-refractivity contribution is 6.21. The lowest BCUT2D eigenvalue weighted by molar-refractivity contribution is -0.274. The first-order valence-electron chi connectivity index (χ1n) is 8.63. The van der Waals surface area contributed by atoms with E-state index in [-0.39, 0.29) is 12.2 Å². The van der Waals surface area contributed by atoms with Gasteiger partial charge in [-0.1, -0.05) is 6.92 Å². The van der Waals surface area contributed by atoms with Crippen molar-refractivity contribution in [1.82, 2.24) is 9.88 Å². The van der Waals surface area contributed by atoms with Crippen molar-refractivity contribution in [2.24, 2.45) is 0 Å². The van der Waals surface area contributed by atoms with E-state index in [1.165, 1.54) is 17.0 Å². The molecule has 0 N–H and O–H groups in total. The Morgan fingerprint density at radius 3 is 2.39 bits per heavy atom. The van der Waals surface area contributed by atoms with Gasteiger partial charge in [0.05, 0.1) is 5.69 Å². The standard InChI is InChI=1S/C19H18F3N3O3/c1-3-13-10-23-9-8-14(13)11-24-12(2)17(26)25(18(24)27)15-4-6-16(7-5-15)28-19(20,21)22/h4-10,12H,3,11H2,1-2H3. The van der Waals surface area contributed by atoms with E-state index < -0.39 is 30.1 Å². The first-order valence-corrected chi connectivity index (χ1v) is 8.63. The summed E-state index contributed by atoms with van der Waals surface area (Å²) < 4.78 is 40.7. The molecule has 2 heterocycles. The number of rotatable bonds is 5. The average Bonchev–Trinajstić information content (AvgIpc) is 2.85. The van der Waals surface area contributed by atoms with Crippen molar-refractivity contribution >= 4 is 17.6 Å². The van der Waals surface area contributed by atoms with Crippen LogP contribution < -0.4 is 9.64 Å². The van der Waals surface area contributed by atoms with Crippen LogP contribution in [0.3, 0.4) is 0 Å². The number of imide groups is 1. The van der Waals surface area contributed by atoms with Crippen LogP contribution in [0.2, 0.25) is 0 Å². The van der Waals surface area contributed by atoms with Crippen LogP contribution >= 0.6 is 0 Å². The zero-order valence-electron chi connectivity index (χ0n) is 15.2. The Bertz CT molecular complexity index is 884. The molecular weight excluding hydrogens is 375 g/mol. The summed E-state index contributed by atoms with van der Waals surface area (Å²) in [5, 5.41) is 0. The molecule has 3 amide bonds. The van der Waals surface area contributed by atoms with Gasteiger partial charge in [-0.25, -0.2) is 9.69 Å². The van der Waals surface area contributed by atoms with Gasteiger partial charge in [0.25, 0.3) is 5.91 Å². The Morgan fingerprint density at radius 2 is 1.79 bits per heavy atom. The lowest BCUT2D eigenvalue weighted by Crippen LogP contribution is -2.33. The summed E-state index contributed by atoms with van der Waals surface area (Å²) in [4.78, 5) is 31.9. The van der Waals surface area contributed by atoms with Crippen molar-refractivity contribution in [2.75, 3.05) is 4.90 Å². The van der Waals surface area contributed by atoms with Crippen molar-refractivity contribution in [3.63, 3.8) is 0 Å². The molecule has 0 radical (unpaired) electrons. The molecular formula is C19H18F3N3O3. The summed E-state index contributed by atoms with van der Waals surface area (Å²) in [5.74, 6) is -0.869. The molecule has 0 saturated carbocycles. The molecule has 1 aliphatic rings. The Kier molecular flexibility index (Phi) is 5.26. The molecule has 1 saturated heterocycles. The van der Waals surface area contributed by atoms with E-state index in [0.29, 0.717) is 0 Å². The molecule has 1 aliphatic heterocycles. The fraction of sp³-hybridized carbons (Fsp3) is 0.316.